The Morgan fingerprint density at radius 2 is 1.93 bits per heavy atom. The van der Waals surface area contributed by atoms with E-state index in [1.807, 2.05) is 0 Å². The van der Waals surface area contributed by atoms with Crippen LogP contribution in [-0.2, 0) is 19.4 Å². The smallest absolute Gasteiger partial charge is 0.304 e. The summed E-state index contributed by atoms with van der Waals surface area (Å²) < 4.78 is 22.6. The molecule has 1 amide bonds. The number of amides is 1. The maximum absolute atomic E-state index is 11.3. The van der Waals surface area contributed by atoms with Crippen molar-refractivity contribution in [1.82, 2.24) is 5.32 Å². The van der Waals surface area contributed by atoms with Gasteiger partial charge in [-0.3, -0.25) is 9.59 Å². The molecular weight excluding hydrogens is 210 g/mol. The summed E-state index contributed by atoms with van der Waals surface area (Å²) in [7, 11) is -2.34. The van der Waals surface area contributed by atoms with E-state index >= 15 is 0 Å². The first-order chi connectivity index (χ1) is 6.29. The summed E-state index contributed by atoms with van der Waals surface area (Å²) in [6, 6.07) is 0. The molecule has 0 spiro atoms. The number of carboxylic acid groups (broad SMARTS) is 1. The van der Waals surface area contributed by atoms with Gasteiger partial charge in [0.25, 0.3) is 0 Å². The van der Waals surface area contributed by atoms with E-state index in [4.69, 9.17) is 5.11 Å². The molecule has 2 N–H and O–H groups in total. The average molecular weight is 223 g/mol. The van der Waals surface area contributed by atoms with Crippen molar-refractivity contribution >= 4 is 21.7 Å². The highest BCUT2D eigenvalue weighted by molar-refractivity contribution is 7.92. The van der Waals surface area contributed by atoms with Gasteiger partial charge in [0.15, 0.2) is 9.84 Å². The Bertz CT molecular complexity index is 321. The van der Waals surface area contributed by atoms with Crippen LogP contribution in [0.2, 0.25) is 0 Å². The summed E-state index contributed by atoms with van der Waals surface area (Å²) in [5.41, 5.74) is 0. The summed E-state index contributed by atoms with van der Waals surface area (Å²) in [5, 5.41) is 9.49. The van der Waals surface area contributed by atoms with Crippen LogP contribution in [-0.4, -0.2) is 43.5 Å². The first-order valence-electron chi connectivity index (χ1n) is 3.93. The van der Waals surface area contributed by atoms with Gasteiger partial charge in [-0.25, -0.2) is 8.42 Å². The van der Waals surface area contributed by atoms with Gasteiger partial charge >= 0.3 is 5.97 Å². The fraction of sp³-hybridized carbons (Fsp3) is 0.714. The second-order valence-corrected chi connectivity index (χ2v) is 5.31. The Morgan fingerprint density at radius 1 is 1.43 bits per heavy atom. The summed E-state index contributed by atoms with van der Waals surface area (Å²) in [4.78, 5) is 21.0. The summed E-state index contributed by atoms with van der Waals surface area (Å²) >= 11 is 0. The van der Waals surface area contributed by atoms with Crippen LogP contribution < -0.4 is 5.32 Å². The van der Waals surface area contributed by atoms with Crippen molar-refractivity contribution in [2.24, 2.45) is 0 Å². The topological polar surface area (TPSA) is 101 Å². The minimum atomic E-state index is -3.66. The van der Waals surface area contributed by atoms with Gasteiger partial charge in [0.2, 0.25) is 5.91 Å². The molecule has 0 aromatic carbocycles. The predicted molar refractivity (Wildman–Crippen MR) is 49.6 cm³/mol. The van der Waals surface area contributed by atoms with E-state index in [0.29, 0.717) is 0 Å². The number of carbonyl (C=O) groups is 2. The number of aliphatic carboxylic acids is 1. The molecule has 0 aliphatic heterocycles. The first kappa shape index (κ1) is 12.9. The van der Waals surface area contributed by atoms with Gasteiger partial charge < -0.3 is 10.4 Å². The second-order valence-electron chi connectivity index (χ2n) is 2.89. The van der Waals surface area contributed by atoms with Gasteiger partial charge in [0, 0.05) is 7.05 Å². The predicted octanol–water partition coefficient (Wildman–Crippen LogP) is -0.990. The van der Waals surface area contributed by atoms with Gasteiger partial charge in [-0.05, 0) is 6.92 Å². The number of hydrogen-bond donors (Lipinski definition) is 2. The van der Waals surface area contributed by atoms with Crippen molar-refractivity contribution in [1.29, 1.82) is 0 Å². The highest BCUT2D eigenvalue weighted by atomic mass is 32.2. The summed E-state index contributed by atoms with van der Waals surface area (Å²) in [6.45, 7) is 1.27. The van der Waals surface area contributed by atoms with Gasteiger partial charge in [-0.2, -0.15) is 0 Å². The lowest BCUT2D eigenvalue weighted by Crippen LogP contribution is -2.32. The lowest BCUT2D eigenvalue weighted by Gasteiger charge is -2.09. The molecule has 6 nitrogen and oxygen atoms in total. The molecule has 0 bridgehead atoms. The molecule has 0 rings (SSSR count). The monoisotopic (exact) mass is 223 g/mol. The van der Waals surface area contributed by atoms with E-state index < -0.39 is 39.1 Å². The number of nitrogens with one attached hydrogen (secondary N) is 1. The van der Waals surface area contributed by atoms with Gasteiger partial charge in [0.1, 0.15) is 5.75 Å². The molecule has 0 saturated heterocycles. The van der Waals surface area contributed by atoms with Crippen molar-refractivity contribution in [2.45, 2.75) is 18.6 Å². The van der Waals surface area contributed by atoms with E-state index in [1.54, 1.807) is 0 Å². The maximum atomic E-state index is 11.3. The normalized spacial score (nSPS) is 13.3. The zero-order valence-electron chi connectivity index (χ0n) is 7.98. The zero-order chi connectivity index (χ0) is 11.4. The van der Waals surface area contributed by atoms with Crippen molar-refractivity contribution in [3.8, 4) is 0 Å². The Morgan fingerprint density at radius 3 is 2.29 bits per heavy atom. The molecule has 82 valence electrons. The molecule has 0 heterocycles. The van der Waals surface area contributed by atoms with Crippen LogP contribution in [0.4, 0.5) is 0 Å². The molecule has 0 aliphatic rings. The van der Waals surface area contributed by atoms with E-state index in [9.17, 15) is 18.0 Å². The maximum Gasteiger partial charge on any atom is 0.304 e. The summed E-state index contributed by atoms with van der Waals surface area (Å²) in [6.07, 6.45) is -0.487. The third-order valence-electron chi connectivity index (χ3n) is 1.69. The van der Waals surface area contributed by atoms with Crippen LogP contribution in [0.15, 0.2) is 0 Å². The van der Waals surface area contributed by atoms with Gasteiger partial charge in [-0.15, -0.1) is 0 Å². The molecule has 0 radical (unpaired) electrons. The molecular formula is C7H13NO5S. The van der Waals surface area contributed by atoms with E-state index in [2.05, 4.69) is 5.32 Å². The molecule has 0 fully saturated rings. The Kier molecular flexibility index (Phi) is 4.55. The molecule has 0 aromatic heterocycles. The van der Waals surface area contributed by atoms with Crippen molar-refractivity contribution in [2.75, 3.05) is 12.8 Å². The molecule has 1 atom stereocenters. The molecule has 0 saturated carbocycles. The van der Waals surface area contributed by atoms with E-state index in [0.717, 1.165) is 0 Å². The van der Waals surface area contributed by atoms with Crippen LogP contribution >= 0.6 is 0 Å². The minimum Gasteiger partial charge on any atom is -0.481 e. The first-order valence-corrected chi connectivity index (χ1v) is 5.65. The standard InChI is InChI=1S/C7H13NO5S/c1-5(3-7(10)11)14(12,13)4-6(9)8-2/h5H,3-4H2,1-2H3,(H,8,9)(H,10,11). The highest BCUT2D eigenvalue weighted by Crippen LogP contribution is 2.06. The largest absolute Gasteiger partial charge is 0.481 e. The van der Waals surface area contributed by atoms with Crippen molar-refractivity contribution in [3.63, 3.8) is 0 Å². The molecule has 1 unspecified atom stereocenters. The number of hydrogen-bond acceptors (Lipinski definition) is 4. The fourth-order valence-corrected chi connectivity index (χ4v) is 1.96. The molecule has 7 heteroatoms. The lowest BCUT2D eigenvalue weighted by molar-refractivity contribution is -0.137. The number of sulfone groups is 1. The third kappa shape index (κ3) is 4.22. The van der Waals surface area contributed by atoms with E-state index in [-0.39, 0.29) is 0 Å². The summed E-state index contributed by atoms with van der Waals surface area (Å²) in [5.74, 6) is -2.50. The zero-order valence-corrected chi connectivity index (χ0v) is 8.80. The highest BCUT2D eigenvalue weighted by Gasteiger charge is 2.25. The van der Waals surface area contributed by atoms with Crippen molar-refractivity contribution in [3.05, 3.63) is 0 Å². The SMILES string of the molecule is CNC(=O)CS(=O)(=O)C(C)CC(=O)O. The second kappa shape index (κ2) is 4.94. The molecule has 0 aromatic rings. The Hall–Kier alpha value is -1.11. The Balaban J connectivity index is 4.46. The quantitative estimate of drug-likeness (QED) is 0.623. The van der Waals surface area contributed by atoms with Crippen LogP contribution in [0, 0.1) is 0 Å². The van der Waals surface area contributed by atoms with Crippen LogP contribution in [0.5, 0.6) is 0 Å². The van der Waals surface area contributed by atoms with Crippen molar-refractivity contribution < 1.29 is 23.1 Å². The lowest BCUT2D eigenvalue weighted by atomic mass is 10.3. The number of carboxylic acids is 1. The van der Waals surface area contributed by atoms with Crippen LogP contribution in [0.1, 0.15) is 13.3 Å². The van der Waals surface area contributed by atoms with Gasteiger partial charge in [-0.1, -0.05) is 0 Å². The number of carbonyl (C=O) groups excluding carboxylic acids is 1. The minimum absolute atomic E-state index is 0.487. The van der Waals surface area contributed by atoms with Gasteiger partial charge in [0.05, 0.1) is 11.7 Å². The number of rotatable bonds is 5. The molecule has 0 aliphatic carbocycles. The van der Waals surface area contributed by atoms with Crippen LogP contribution in [0.25, 0.3) is 0 Å². The molecule has 14 heavy (non-hydrogen) atoms. The van der Waals surface area contributed by atoms with Crippen LogP contribution in [0.3, 0.4) is 0 Å². The fourth-order valence-electron chi connectivity index (χ4n) is 0.770. The Labute approximate surface area is 82.2 Å². The average Bonchev–Trinajstić information content (AvgIpc) is 2.02. The third-order valence-corrected chi connectivity index (χ3v) is 3.74. The van der Waals surface area contributed by atoms with E-state index in [1.165, 1.54) is 14.0 Å².